The van der Waals surface area contributed by atoms with Crippen LogP contribution in [0, 0.1) is 0 Å². The molecule has 4 heteroatoms. The van der Waals surface area contributed by atoms with Gasteiger partial charge < -0.3 is 10.1 Å². The molecule has 20 heavy (non-hydrogen) atoms. The van der Waals surface area contributed by atoms with E-state index in [0.717, 1.165) is 18.0 Å². The molecule has 0 fully saturated rings. The van der Waals surface area contributed by atoms with Crippen LogP contribution in [0.4, 0.5) is 0 Å². The summed E-state index contributed by atoms with van der Waals surface area (Å²) in [6.45, 7) is 7.14. The lowest BCUT2D eigenvalue weighted by Crippen LogP contribution is -2.19. The summed E-state index contributed by atoms with van der Waals surface area (Å²) in [6.07, 6.45) is 2.02. The summed E-state index contributed by atoms with van der Waals surface area (Å²) in [4.78, 5) is 0. The van der Waals surface area contributed by atoms with Crippen molar-refractivity contribution >= 4 is 0 Å². The Bertz CT molecular complexity index is 548. The lowest BCUT2D eigenvalue weighted by molar-refractivity contribution is 0.401. The summed E-state index contributed by atoms with van der Waals surface area (Å²) in [5.74, 6) is 0.917. The maximum atomic E-state index is 5.39. The Kier molecular flexibility index (Phi) is 4.79. The number of hydrogen-bond donors (Lipinski definition) is 1. The van der Waals surface area contributed by atoms with Crippen LogP contribution in [-0.4, -0.2) is 16.9 Å². The summed E-state index contributed by atoms with van der Waals surface area (Å²) in [6, 6.07) is 10.8. The van der Waals surface area contributed by atoms with Gasteiger partial charge in [0.1, 0.15) is 5.75 Å². The molecule has 1 N–H and O–H groups in total. The number of methoxy groups -OCH3 is 1. The normalized spacial score (nSPS) is 12.7. The van der Waals surface area contributed by atoms with E-state index in [2.05, 4.69) is 43.3 Å². The van der Waals surface area contributed by atoms with Crippen molar-refractivity contribution in [1.82, 2.24) is 15.1 Å². The zero-order valence-corrected chi connectivity index (χ0v) is 12.6. The van der Waals surface area contributed by atoms with Crippen LogP contribution in [-0.2, 0) is 6.54 Å². The molecular formula is C16H23N3O. The summed E-state index contributed by atoms with van der Waals surface area (Å²) < 4.78 is 7.37. The molecule has 108 valence electrons. The van der Waals surface area contributed by atoms with Gasteiger partial charge >= 0.3 is 0 Å². The van der Waals surface area contributed by atoms with Crippen LogP contribution in [0.25, 0.3) is 0 Å². The lowest BCUT2D eigenvalue weighted by atomic mass is 10.1. The second kappa shape index (κ2) is 6.57. The molecule has 4 nitrogen and oxygen atoms in total. The molecule has 2 aromatic rings. The Hall–Kier alpha value is -1.81. The fraction of sp³-hybridized carbons (Fsp3) is 0.438. The topological polar surface area (TPSA) is 39.1 Å². The van der Waals surface area contributed by atoms with Crippen LogP contribution < -0.4 is 10.1 Å². The highest BCUT2D eigenvalue weighted by molar-refractivity contribution is 5.35. The first-order chi connectivity index (χ1) is 9.61. The van der Waals surface area contributed by atoms with Gasteiger partial charge in [-0.1, -0.05) is 18.2 Å². The van der Waals surface area contributed by atoms with E-state index in [1.807, 2.05) is 29.1 Å². The van der Waals surface area contributed by atoms with Gasteiger partial charge in [0.05, 0.1) is 12.8 Å². The standard InChI is InChI=1S/C16H23N3O/c1-12(2)19-10-9-14(18-19)11-17-13(3)15-7-5-6-8-16(15)20-4/h5-10,12-13,17H,11H2,1-4H3/t13-/m0/s1. The van der Waals surface area contributed by atoms with Crippen molar-refractivity contribution in [2.24, 2.45) is 0 Å². The van der Waals surface area contributed by atoms with Crippen LogP contribution in [0.3, 0.4) is 0 Å². The Morgan fingerprint density at radius 3 is 2.60 bits per heavy atom. The van der Waals surface area contributed by atoms with Crippen LogP contribution in [0.15, 0.2) is 36.5 Å². The minimum atomic E-state index is 0.218. The van der Waals surface area contributed by atoms with E-state index in [1.54, 1.807) is 7.11 Å². The Morgan fingerprint density at radius 1 is 1.20 bits per heavy atom. The van der Waals surface area contributed by atoms with Gasteiger partial charge in [0, 0.05) is 30.4 Å². The van der Waals surface area contributed by atoms with Crippen molar-refractivity contribution in [2.45, 2.75) is 39.4 Å². The second-order valence-electron chi connectivity index (χ2n) is 5.23. The van der Waals surface area contributed by atoms with Crippen molar-refractivity contribution in [3.63, 3.8) is 0 Å². The van der Waals surface area contributed by atoms with Gasteiger partial charge in [0.15, 0.2) is 0 Å². The molecule has 0 saturated heterocycles. The number of aromatic nitrogens is 2. The van der Waals surface area contributed by atoms with Gasteiger partial charge in [-0.3, -0.25) is 4.68 Å². The summed E-state index contributed by atoms with van der Waals surface area (Å²) in [5.41, 5.74) is 2.22. The molecule has 2 rings (SSSR count). The highest BCUT2D eigenvalue weighted by atomic mass is 16.5. The molecule has 0 radical (unpaired) electrons. The molecular weight excluding hydrogens is 250 g/mol. The molecule has 1 aromatic heterocycles. The molecule has 0 aliphatic rings. The maximum Gasteiger partial charge on any atom is 0.123 e. The van der Waals surface area contributed by atoms with Gasteiger partial charge in [-0.2, -0.15) is 5.10 Å². The predicted molar refractivity (Wildman–Crippen MR) is 80.9 cm³/mol. The Balaban J connectivity index is 1.99. The number of para-hydroxylation sites is 1. The molecule has 0 bridgehead atoms. The maximum absolute atomic E-state index is 5.39. The van der Waals surface area contributed by atoms with Gasteiger partial charge in [-0.05, 0) is 32.9 Å². The first kappa shape index (κ1) is 14.6. The van der Waals surface area contributed by atoms with Gasteiger partial charge in [-0.15, -0.1) is 0 Å². The van der Waals surface area contributed by atoms with Crippen LogP contribution in [0.5, 0.6) is 5.75 Å². The fourth-order valence-electron chi connectivity index (χ4n) is 2.15. The molecule has 0 saturated carbocycles. The van der Waals surface area contributed by atoms with Crippen LogP contribution >= 0.6 is 0 Å². The zero-order valence-electron chi connectivity index (χ0n) is 12.6. The SMILES string of the molecule is COc1ccccc1[C@H](C)NCc1ccn(C(C)C)n1. The largest absolute Gasteiger partial charge is 0.496 e. The smallest absolute Gasteiger partial charge is 0.123 e. The van der Waals surface area contributed by atoms with E-state index >= 15 is 0 Å². The van der Waals surface area contributed by atoms with E-state index in [1.165, 1.54) is 5.56 Å². The number of rotatable bonds is 6. The number of nitrogens with zero attached hydrogens (tertiary/aromatic N) is 2. The predicted octanol–water partition coefficient (Wildman–Crippen LogP) is 3.32. The Labute approximate surface area is 120 Å². The van der Waals surface area contributed by atoms with Crippen molar-refractivity contribution < 1.29 is 4.74 Å². The van der Waals surface area contributed by atoms with Crippen LogP contribution in [0.1, 0.15) is 44.1 Å². The quantitative estimate of drug-likeness (QED) is 0.877. The minimum Gasteiger partial charge on any atom is -0.496 e. The minimum absolute atomic E-state index is 0.218. The third kappa shape index (κ3) is 3.39. The van der Waals surface area contributed by atoms with E-state index in [0.29, 0.717) is 6.04 Å². The van der Waals surface area contributed by atoms with Crippen LogP contribution in [0.2, 0.25) is 0 Å². The van der Waals surface area contributed by atoms with Crippen molar-refractivity contribution in [1.29, 1.82) is 0 Å². The third-order valence-corrected chi connectivity index (χ3v) is 3.39. The lowest BCUT2D eigenvalue weighted by Gasteiger charge is -2.16. The Morgan fingerprint density at radius 2 is 1.95 bits per heavy atom. The second-order valence-corrected chi connectivity index (χ2v) is 5.23. The van der Waals surface area contributed by atoms with Crippen molar-refractivity contribution in [3.05, 3.63) is 47.8 Å². The van der Waals surface area contributed by atoms with E-state index in [-0.39, 0.29) is 6.04 Å². The molecule has 0 spiro atoms. The number of hydrogen-bond acceptors (Lipinski definition) is 3. The third-order valence-electron chi connectivity index (χ3n) is 3.39. The van der Waals surface area contributed by atoms with Gasteiger partial charge in [0.2, 0.25) is 0 Å². The molecule has 1 heterocycles. The zero-order chi connectivity index (χ0) is 14.5. The van der Waals surface area contributed by atoms with E-state index in [4.69, 9.17) is 4.74 Å². The van der Waals surface area contributed by atoms with Crippen molar-refractivity contribution in [2.75, 3.05) is 7.11 Å². The number of ether oxygens (including phenoxy) is 1. The van der Waals surface area contributed by atoms with Gasteiger partial charge in [0.25, 0.3) is 0 Å². The van der Waals surface area contributed by atoms with E-state index < -0.39 is 0 Å². The van der Waals surface area contributed by atoms with E-state index in [9.17, 15) is 0 Å². The highest BCUT2D eigenvalue weighted by Gasteiger charge is 2.11. The number of nitrogens with one attached hydrogen (secondary N) is 1. The average Bonchev–Trinajstić information content (AvgIpc) is 2.94. The first-order valence-electron chi connectivity index (χ1n) is 7.02. The molecule has 0 aliphatic heterocycles. The summed E-state index contributed by atoms with van der Waals surface area (Å²) in [5, 5.41) is 8.03. The van der Waals surface area contributed by atoms with Gasteiger partial charge in [-0.25, -0.2) is 0 Å². The number of benzene rings is 1. The molecule has 0 amide bonds. The first-order valence-corrected chi connectivity index (χ1v) is 7.02. The summed E-state index contributed by atoms with van der Waals surface area (Å²) >= 11 is 0. The fourth-order valence-corrected chi connectivity index (χ4v) is 2.15. The summed E-state index contributed by atoms with van der Waals surface area (Å²) in [7, 11) is 1.70. The van der Waals surface area contributed by atoms with Crippen molar-refractivity contribution in [3.8, 4) is 5.75 Å². The molecule has 0 unspecified atom stereocenters. The molecule has 0 aliphatic carbocycles. The molecule has 1 aromatic carbocycles. The highest BCUT2D eigenvalue weighted by Crippen LogP contribution is 2.24. The average molecular weight is 273 g/mol. The molecule has 1 atom stereocenters. The monoisotopic (exact) mass is 273 g/mol.